The summed E-state index contributed by atoms with van der Waals surface area (Å²) in [4.78, 5) is 28.7. The molecule has 3 aromatic heterocycles. The van der Waals surface area contributed by atoms with Crippen molar-refractivity contribution in [1.29, 1.82) is 0 Å². The number of pyridine rings is 1. The minimum Gasteiger partial charge on any atom is -0.487 e. The Labute approximate surface area is 209 Å². The van der Waals surface area contributed by atoms with Gasteiger partial charge in [-0.3, -0.25) is 9.20 Å². The summed E-state index contributed by atoms with van der Waals surface area (Å²) in [5.41, 5.74) is 9.15. The molecule has 0 saturated carbocycles. The maximum atomic E-state index is 13.9. The summed E-state index contributed by atoms with van der Waals surface area (Å²) < 4.78 is 50.1. The van der Waals surface area contributed by atoms with Crippen molar-refractivity contribution in [1.82, 2.24) is 24.3 Å². The number of benzene rings is 1. The number of imidazole rings is 1. The Kier molecular flexibility index (Phi) is 4.85. The lowest BCUT2D eigenvalue weighted by Gasteiger charge is -2.44. The fourth-order valence-electron chi connectivity index (χ4n) is 5.47. The molecular weight excluding hydrogens is 489 g/mol. The zero-order chi connectivity index (χ0) is 26.3. The van der Waals surface area contributed by atoms with Crippen LogP contribution in [0.5, 0.6) is 11.5 Å². The van der Waals surface area contributed by atoms with E-state index in [4.69, 9.17) is 10.5 Å². The van der Waals surface area contributed by atoms with Crippen LogP contribution in [0.25, 0.3) is 16.6 Å². The monoisotopic (exact) mass is 512 g/mol. The van der Waals surface area contributed by atoms with Gasteiger partial charge in [0.15, 0.2) is 5.82 Å². The number of piperidine rings is 1. The Morgan fingerprint density at radius 3 is 2.78 bits per heavy atom. The number of carbonyl (C=O) groups excluding carboxylic acids is 1. The van der Waals surface area contributed by atoms with E-state index in [2.05, 4.69) is 19.7 Å². The summed E-state index contributed by atoms with van der Waals surface area (Å²) in [5.74, 6) is -0.102. The molecule has 37 heavy (non-hydrogen) atoms. The molecule has 1 fully saturated rings. The lowest BCUT2D eigenvalue weighted by atomic mass is 9.78. The van der Waals surface area contributed by atoms with Crippen LogP contribution >= 0.6 is 0 Å². The maximum absolute atomic E-state index is 13.9. The molecule has 4 aromatic rings. The topological polar surface area (TPSA) is 108 Å². The number of carbonyl (C=O) groups is 1. The number of hydrogen-bond acceptors (Lipinski definition) is 7. The standard InChI is InChI=1S/C25H23F3N6O3/c1-12-20-22(29)32-16-9-30-15(7-17(16)34(20)11-31-12)23(35)33-10-24(2,3)8-19-21(33)14-5-4-13(6-18(14)36-19)37-25(26,27)28/h4-7,9,11,19,21H,8,10H2,1-3H3,(H2,29,32). The number of aryl methyl sites for hydroxylation is 1. The van der Waals surface area contributed by atoms with Crippen LogP contribution in [0.2, 0.25) is 0 Å². The van der Waals surface area contributed by atoms with Gasteiger partial charge in [-0.05, 0) is 37.0 Å². The molecule has 1 amide bonds. The highest BCUT2D eigenvalue weighted by Gasteiger charge is 2.49. The normalized spacial score (nSPS) is 20.5. The number of ether oxygens (including phenoxy) is 2. The average Bonchev–Trinajstić information content (AvgIpc) is 3.36. The van der Waals surface area contributed by atoms with E-state index in [1.54, 1.807) is 21.7 Å². The van der Waals surface area contributed by atoms with Crippen LogP contribution in [-0.2, 0) is 0 Å². The first-order chi connectivity index (χ1) is 17.4. The van der Waals surface area contributed by atoms with E-state index in [9.17, 15) is 18.0 Å². The molecule has 2 unspecified atom stereocenters. The molecule has 12 heteroatoms. The van der Waals surface area contributed by atoms with Crippen molar-refractivity contribution in [2.45, 2.75) is 45.7 Å². The van der Waals surface area contributed by atoms with Crippen molar-refractivity contribution >= 4 is 28.3 Å². The van der Waals surface area contributed by atoms with Crippen LogP contribution in [0, 0.1) is 12.3 Å². The smallest absolute Gasteiger partial charge is 0.487 e. The molecule has 192 valence electrons. The first-order valence-corrected chi connectivity index (χ1v) is 11.7. The van der Waals surface area contributed by atoms with Gasteiger partial charge in [-0.25, -0.2) is 15.0 Å². The van der Waals surface area contributed by atoms with Crippen LogP contribution in [0.1, 0.15) is 48.1 Å². The van der Waals surface area contributed by atoms with Crippen LogP contribution in [0.3, 0.4) is 0 Å². The number of amides is 1. The number of anilines is 1. The van der Waals surface area contributed by atoms with E-state index in [0.717, 1.165) is 0 Å². The van der Waals surface area contributed by atoms with Gasteiger partial charge in [0.25, 0.3) is 5.91 Å². The van der Waals surface area contributed by atoms with Crippen molar-refractivity contribution in [3.8, 4) is 11.5 Å². The van der Waals surface area contributed by atoms with Crippen molar-refractivity contribution in [2.75, 3.05) is 12.3 Å². The molecule has 6 rings (SSSR count). The fourth-order valence-corrected chi connectivity index (χ4v) is 5.47. The number of nitrogens with two attached hydrogens (primary N) is 1. The second-order valence-corrected chi connectivity index (χ2v) is 10.3. The van der Waals surface area contributed by atoms with E-state index >= 15 is 0 Å². The number of rotatable bonds is 2. The molecule has 0 aliphatic carbocycles. The summed E-state index contributed by atoms with van der Waals surface area (Å²) in [5, 5.41) is 0. The first kappa shape index (κ1) is 23.3. The van der Waals surface area contributed by atoms with Gasteiger partial charge in [0.2, 0.25) is 0 Å². The summed E-state index contributed by atoms with van der Waals surface area (Å²) in [6.45, 7) is 6.28. The highest BCUT2D eigenvalue weighted by molar-refractivity contribution is 5.96. The summed E-state index contributed by atoms with van der Waals surface area (Å²) in [6.07, 6.45) is -1.49. The van der Waals surface area contributed by atoms with Crippen LogP contribution in [0.15, 0.2) is 36.8 Å². The van der Waals surface area contributed by atoms with Gasteiger partial charge < -0.3 is 20.1 Å². The van der Waals surface area contributed by atoms with E-state index in [1.165, 1.54) is 24.4 Å². The molecule has 0 radical (unpaired) electrons. The van der Waals surface area contributed by atoms with Crippen molar-refractivity contribution < 1.29 is 27.4 Å². The van der Waals surface area contributed by atoms with Crippen LogP contribution < -0.4 is 15.2 Å². The predicted molar refractivity (Wildman–Crippen MR) is 127 cm³/mol. The molecule has 5 heterocycles. The van der Waals surface area contributed by atoms with Crippen molar-refractivity contribution in [2.24, 2.45) is 5.41 Å². The third kappa shape index (κ3) is 3.87. The molecule has 1 aromatic carbocycles. The summed E-state index contributed by atoms with van der Waals surface area (Å²) in [6, 6.07) is 5.17. The molecule has 2 aliphatic heterocycles. The summed E-state index contributed by atoms with van der Waals surface area (Å²) in [7, 11) is 0. The summed E-state index contributed by atoms with van der Waals surface area (Å²) >= 11 is 0. The molecule has 9 nitrogen and oxygen atoms in total. The molecule has 2 aliphatic rings. The third-order valence-corrected chi connectivity index (χ3v) is 6.89. The van der Waals surface area contributed by atoms with Gasteiger partial charge in [-0.15, -0.1) is 13.2 Å². The Bertz CT molecular complexity index is 1580. The SMILES string of the molecule is Cc1ncn2c1c(N)nc1cnc(C(=O)N3CC(C)(C)CC4Oc5cc(OC(F)(F)F)ccc5C43)cc12. The number of likely N-dealkylation sites (tertiary alicyclic amines) is 1. The van der Waals surface area contributed by atoms with Gasteiger partial charge in [0, 0.05) is 18.2 Å². The fraction of sp³-hybridized carbons (Fsp3) is 0.360. The number of hydrogen-bond donors (Lipinski definition) is 1. The number of aromatic nitrogens is 4. The number of alkyl halides is 3. The van der Waals surface area contributed by atoms with Gasteiger partial charge in [-0.2, -0.15) is 0 Å². The molecule has 2 N–H and O–H groups in total. The molecule has 0 spiro atoms. The molecule has 1 saturated heterocycles. The average molecular weight is 512 g/mol. The van der Waals surface area contributed by atoms with Gasteiger partial charge in [0.1, 0.15) is 40.7 Å². The Hall–Kier alpha value is -4.09. The number of nitrogens with zero attached hydrogens (tertiary/aromatic N) is 5. The Balaban J connectivity index is 1.41. The largest absolute Gasteiger partial charge is 0.573 e. The van der Waals surface area contributed by atoms with Crippen molar-refractivity contribution in [3.05, 3.63) is 53.7 Å². The second kappa shape index (κ2) is 7.70. The quantitative estimate of drug-likeness (QED) is 0.423. The Morgan fingerprint density at radius 2 is 2.03 bits per heavy atom. The number of fused-ring (bicyclic) bond motifs is 6. The molecule has 2 atom stereocenters. The zero-order valence-corrected chi connectivity index (χ0v) is 20.2. The third-order valence-electron chi connectivity index (χ3n) is 6.89. The lowest BCUT2D eigenvalue weighted by Crippen LogP contribution is -2.51. The first-order valence-electron chi connectivity index (χ1n) is 11.7. The van der Waals surface area contributed by atoms with Crippen LogP contribution in [0.4, 0.5) is 19.0 Å². The predicted octanol–water partition coefficient (Wildman–Crippen LogP) is 4.44. The minimum atomic E-state index is -4.82. The van der Waals surface area contributed by atoms with Gasteiger partial charge >= 0.3 is 6.36 Å². The van der Waals surface area contributed by atoms with Crippen molar-refractivity contribution in [3.63, 3.8) is 0 Å². The molecular formula is C25H23F3N6O3. The minimum absolute atomic E-state index is 0.202. The molecule has 0 bridgehead atoms. The Morgan fingerprint density at radius 1 is 1.24 bits per heavy atom. The zero-order valence-electron chi connectivity index (χ0n) is 20.2. The van der Waals surface area contributed by atoms with E-state index in [1.807, 2.05) is 20.8 Å². The van der Waals surface area contributed by atoms with Gasteiger partial charge in [-0.1, -0.05) is 13.8 Å². The van der Waals surface area contributed by atoms with Gasteiger partial charge in [0.05, 0.1) is 23.4 Å². The van der Waals surface area contributed by atoms with E-state index in [0.29, 0.717) is 46.6 Å². The van der Waals surface area contributed by atoms with Crippen LogP contribution in [-0.4, -0.2) is 49.2 Å². The number of nitrogen functional groups attached to an aromatic ring is 1. The van der Waals surface area contributed by atoms with E-state index < -0.39 is 18.5 Å². The highest BCUT2D eigenvalue weighted by atomic mass is 19.4. The second-order valence-electron chi connectivity index (χ2n) is 10.3. The lowest BCUT2D eigenvalue weighted by molar-refractivity contribution is -0.274. The maximum Gasteiger partial charge on any atom is 0.573 e. The highest BCUT2D eigenvalue weighted by Crippen LogP contribution is 2.50. The van der Waals surface area contributed by atoms with E-state index in [-0.39, 0.29) is 28.5 Å². The number of halogens is 3.